The second-order valence-corrected chi connectivity index (χ2v) is 7.87. The molecule has 1 atom stereocenters. The topological polar surface area (TPSA) is 78.9 Å². The van der Waals surface area contributed by atoms with Crippen molar-refractivity contribution < 1.29 is 23.8 Å². The highest BCUT2D eigenvalue weighted by atomic mass is 19.1. The van der Waals surface area contributed by atoms with E-state index in [1.807, 2.05) is 30.0 Å². The molecule has 7 heteroatoms. The van der Waals surface area contributed by atoms with Gasteiger partial charge in [0.15, 0.2) is 0 Å². The van der Waals surface area contributed by atoms with Gasteiger partial charge in [-0.1, -0.05) is 12.1 Å². The summed E-state index contributed by atoms with van der Waals surface area (Å²) in [7, 11) is 0. The van der Waals surface area contributed by atoms with Crippen LogP contribution in [0.3, 0.4) is 0 Å². The number of hydrogen-bond acceptors (Lipinski definition) is 4. The number of aromatic hydroxyl groups is 1. The Morgan fingerprint density at radius 3 is 2.70 bits per heavy atom. The Morgan fingerprint density at radius 2 is 1.97 bits per heavy atom. The Kier molecular flexibility index (Phi) is 5.72. The standard InChI is InChI=1S/C23H25FN2O4/c1-14(25-22(28)19-4-3-18(24)13-21(19)27)16-2-5-20-17(12-16)6-9-26(20)23(29)15-7-10-30-11-8-15/h2-5,12-15,27H,6-11H2,1H3,(H,25,28). The molecular formula is C23H25FN2O4. The molecule has 0 saturated carbocycles. The van der Waals surface area contributed by atoms with Crippen molar-refractivity contribution in [1.29, 1.82) is 0 Å². The number of phenolic OH excluding ortho intramolecular Hbond substituents is 1. The minimum Gasteiger partial charge on any atom is -0.507 e. The molecule has 2 heterocycles. The number of nitrogens with zero attached hydrogens (tertiary/aromatic N) is 1. The van der Waals surface area contributed by atoms with Crippen LogP contribution in [-0.2, 0) is 16.0 Å². The van der Waals surface area contributed by atoms with Crippen molar-refractivity contribution in [3.8, 4) is 5.75 Å². The van der Waals surface area contributed by atoms with Gasteiger partial charge in [0.2, 0.25) is 5.91 Å². The highest BCUT2D eigenvalue weighted by Crippen LogP contribution is 2.33. The number of amides is 2. The lowest BCUT2D eigenvalue weighted by atomic mass is 9.98. The lowest BCUT2D eigenvalue weighted by Crippen LogP contribution is -2.37. The van der Waals surface area contributed by atoms with Gasteiger partial charge in [-0.15, -0.1) is 0 Å². The Hall–Kier alpha value is -2.93. The molecule has 2 aromatic rings. The number of nitrogens with one attached hydrogen (secondary N) is 1. The Labute approximate surface area is 174 Å². The average molecular weight is 412 g/mol. The molecule has 0 aliphatic carbocycles. The zero-order valence-corrected chi connectivity index (χ0v) is 16.9. The van der Waals surface area contributed by atoms with Crippen LogP contribution in [0, 0.1) is 11.7 Å². The summed E-state index contributed by atoms with van der Waals surface area (Å²) in [5, 5.41) is 12.6. The van der Waals surface area contributed by atoms with Crippen molar-refractivity contribution >= 4 is 17.5 Å². The molecule has 0 aromatic heterocycles. The zero-order chi connectivity index (χ0) is 21.3. The van der Waals surface area contributed by atoms with Crippen LogP contribution < -0.4 is 10.2 Å². The van der Waals surface area contributed by atoms with Crippen LogP contribution >= 0.6 is 0 Å². The van der Waals surface area contributed by atoms with E-state index in [9.17, 15) is 19.1 Å². The predicted molar refractivity (Wildman–Crippen MR) is 110 cm³/mol. The third-order valence-electron chi connectivity index (χ3n) is 5.89. The number of hydrogen-bond donors (Lipinski definition) is 2. The van der Waals surface area contributed by atoms with E-state index in [0.717, 1.165) is 48.2 Å². The SMILES string of the molecule is CC(NC(=O)c1ccc(F)cc1O)c1ccc2c(c1)CCN2C(=O)C1CCOCC1. The van der Waals surface area contributed by atoms with Crippen LogP contribution in [0.25, 0.3) is 0 Å². The Balaban J connectivity index is 1.46. The molecule has 2 aromatic carbocycles. The van der Waals surface area contributed by atoms with Gasteiger partial charge in [0.05, 0.1) is 11.6 Å². The van der Waals surface area contributed by atoms with Gasteiger partial charge in [0.1, 0.15) is 11.6 Å². The number of benzene rings is 2. The largest absolute Gasteiger partial charge is 0.507 e. The maximum Gasteiger partial charge on any atom is 0.255 e. The number of anilines is 1. The van der Waals surface area contributed by atoms with E-state index >= 15 is 0 Å². The summed E-state index contributed by atoms with van der Waals surface area (Å²) >= 11 is 0. The third-order valence-corrected chi connectivity index (χ3v) is 5.89. The summed E-state index contributed by atoms with van der Waals surface area (Å²) in [5.74, 6) is -1.28. The van der Waals surface area contributed by atoms with Crippen molar-refractivity contribution in [2.75, 3.05) is 24.7 Å². The van der Waals surface area contributed by atoms with Crippen LogP contribution in [0.5, 0.6) is 5.75 Å². The summed E-state index contributed by atoms with van der Waals surface area (Å²) in [6.07, 6.45) is 2.31. The first-order chi connectivity index (χ1) is 14.4. The first kappa shape index (κ1) is 20.3. The Morgan fingerprint density at radius 1 is 1.20 bits per heavy atom. The van der Waals surface area contributed by atoms with Crippen LogP contribution in [0.2, 0.25) is 0 Å². The van der Waals surface area contributed by atoms with Crippen molar-refractivity contribution in [2.24, 2.45) is 5.92 Å². The van der Waals surface area contributed by atoms with Crippen molar-refractivity contribution in [3.05, 3.63) is 58.9 Å². The first-order valence-corrected chi connectivity index (χ1v) is 10.3. The van der Waals surface area contributed by atoms with Gasteiger partial charge in [-0.2, -0.15) is 0 Å². The summed E-state index contributed by atoms with van der Waals surface area (Å²) in [4.78, 5) is 27.2. The predicted octanol–water partition coefficient (Wildman–Crippen LogP) is 3.34. The molecule has 2 aliphatic rings. The van der Waals surface area contributed by atoms with Crippen molar-refractivity contribution in [1.82, 2.24) is 5.32 Å². The molecule has 158 valence electrons. The number of fused-ring (bicyclic) bond motifs is 1. The second kappa shape index (κ2) is 8.44. The average Bonchev–Trinajstić information content (AvgIpc) is 3.17. The summed E-state index contributed by atoms with van der Waals surface area (Å²) in [6, 6.07) is 8.86. The fourth-order valence-corrected chi connectivity index (χ4v) is 4.14. The minimum atomic E-state index is -0.601. The molecule has 0 bridgehead atoms. The van der Waals surface area contributed by atoms with Gasteiger partial charge in [-0.05, 0) is 55.5 Å². The highest BCUT2D eigenvalue weighted by Gasteiger charge is 2.31. The summed E-state index contributed by atoms with van der Waals surface area (Å²) in [5.41, 5.74) is 2.95. The van der Waals surface area contributed by atoms with Gasteiger partial charge < -0.3 is 20.1 Å². The van der Waals surface area contributed by atoms with Gasteiger partial charge in [-0.3, -0.25) is 9.59 Å². The molecule has 30 heavy (non-hydrogen) atoms. The quantitative estimate of drug-likeness (QED) is 0.807. The minimum absolute atomic E-state index is 0.0194. The molecule has 0 radical (unpaired) electrons. The molecule has 6 nitrogen and oxygen atoms in total. The van der Waals surface area contributed by atoms with E-state index in [4.69, 9.17) is 4.74 Å². The normalized spacial score (nSPS) is 17.5. The lowest BCUT2D eigenvalue weighted by Gasteiger charge is -2.27. The monoisotopic (exact) mass is 412 g/mol. The highest BCUT2D eigenvalue weighted by molar-refractivity contribution is 5.98. The molecule has 1 saturated heterocycles. The summed E-state index contributed by atoms with van der Waals surface area (Å²) < 4.78 is 18.5. The van der Waals surface area contributed by atoms with Gasteiger partial charge in [0, 0.05) is 37.4 Å². The van der Waals surface area contributed by atoms with Crippen LogP contribution in [-0.4, -0.2) is 36.7 Å². The third kappa shape index (κ3) is 4.03. The van der Waals surface area contributed by atoms with Crippen LogP contribution in [0.1, 0.15) is 47.3 Å². The fraction of sp³-hybridized carbons (Fsp3) is 0.391. The van der Waals surface area contributed by atoms with Gasteiger partial charge in [0.25, 0.3) is 5.91 Å². The summed E-state index contributed by atoms with van der Waals surface area (Å²) in [6.45, 7) is 3.78. The number of halogens is 1. The van der Waals surface area contributed by atoms with Crippen LogP contribution in [0.15, 0.2) is 36.4 Å². The molecule has 1 unspecified atom stereocenters. The number of ether oxygens (including phenoxy) is 1. The zero-order valence-electron chi connectivity index (χ0n) is 16.9. The molecule has 0 spiro atoms. The number of carbonyl (C=O) groups is 2. The van der Waals surface area contributed by atoms with Gasteiger partial charge in [-0.25, -0.2) is 4.39 Å². The first-order valence-electron chi connectivity index (χ1n) is 10.3. The van der Waals surface area contributed by atoms with E-state index in [2.05, 4.69) is 5.32 Å². The fourth-order valence-electron chi connectivity index (χ4n) is 4.14. The van der Waals surface area contributed by atoms with E-state index in [0.29, 0.717) is 19.8 Å². The van der Waals surface area contributed by atoms with E-state index in [1.54, 1.807) is 0 Å². The van der Waals surface area contributed by atoms with E-state index < -0.39 is 17.5 Å². The van der Waals surface area contributed by atoms with E-state index in [1.165, 1.54) is 6.07 Å². The molecule has 1 fully saturated rings. The number of phenols is 1. The smallest absolute Gasteiger partial charge is 0.255 e. The molecular weight excluding hydrogens is 387 g/mol. The van der Waals surface area contributed by atoms with E-state index in [-0.39, 0.29) is 23.4 Å². The second-order valence-electron chi connectivity index (χ2n) is 7.87. The molecule has 2 amide bonds. The molecule has 2 aliphatic heterocycles. The lowest BCUT2D eigenvalue weighted by molar-refractivity contribution is -0.125. The van der Waals surface area contributed by atoms with Crippen molar-refractivity contribution in [2.45, 2.75) is 32.2 Å². The maximum absolute atomic E-state index is 13.1. The molecule has 2 N–H and O–H groups in total. The van der Waals surface area contributed by atoms with Crippen LogP contribution in [0.4, 0.5) is 10.1 Å². The number of carbonyl (C=O) groups excluding carboxylic acids is 2. The Bertz CT molecular complexity index is 972. The maximum atomic E-state index is 13.1. The van der Waals surface area contributed by atoms with Gasteiger partial charge >= 0.3 is 0 Å². The van der Waals surface area contributed by atoms with Crippen molar-refractivity contribution in [3.63, 3.8) is 0 Å². The number of rotatable bonds is 4. The molecule has 4 rings (SSSR count).